The van der Waals surface area contributed by atoms with Gasteiger partial charge in [0.1, 0.15) is 0 Å². The van der Waals surface area contributed by atoms with Gasteiger partial charge in [0.25, 0.3) is 0 Å². The monoisotopic (exact) mass is 336 g/mol. The predicted molar refractivity (Wildman–Crippen MR) is 65.7 cm³/mol. The molecule has 0 heterocycles. The van der Waals surface area contributed by atoms with Gasteiger partial charge < -0.3 is 30.0 Å². The Kier molecular flexibility index (Phi) is 17.4. The zero-order valence-corrected chi connectivity index (χ0v) is 12.9. The SMILES string of the molecule is C[N-]C(=O)CN(C)C.C[N-]C(=O)CN(C)C.[Pd]. The molecule has 0 N–H and O–H groups in total. The Labute approximate surface area is 118 Å². The average Bonchev–Trinajstić information content (AvgIpc) is 2.16. The number of rotatable bonds is 4. The normalized spacial score (nSPS) is 8.94. The minimum atomic E-state index is -0.0741. The van der Waals surface area contributed by atoms with E-state index >= 15 is 0 Å². The van der Waals surface area contributed by atoms with E-state index in [9.17, 15) is 9.59 Å². The molecule has 0 radical (unpaired) electrons. The second-order valence-electron chi connectivity index (χ2n) is 3.71. The summed E-state index contributed by atoms with van der Waals surface area (Å²) in [6.45, 7) is 0.826. The number of hydrogen-bond donors (Lipinski definition) is 0. The number of hydrogen-bond acceptors (Lipinski definition) is 4. The van der Waals surface area contributed by atoms with Crippen molar-refractivity contribution in [3.63, 3.8) is 0 Å². The van der Waals surface area contributed by atoms with Crippen LogP contribution in [0.4, 0.5) is 0 Å². The van der Waals surface area contributed by atoms with E-state index in [0.29, 0.717) is 13.1 Å². The largest absolute Gasteiger partial charge is 0.655 e. The van der Waals surface area contributed by atoms with Crippen LogP contribution in [0, 0.1) is 0 Å². The summed E-state index contributed by atoms with van der Waals surface area (Å²) >= 11 is 0. The van der Waals surface area contributed by atoms with Gasteiger partial charge in [-0.25, -0.2) is 0 Å². The average molecular weight is 337 g/mol. The number of carbonyl (C=O) groups excluding carboxylic acids is 2. The molecule has 0 fully saturated rings. The van der Waals surface area contributed by atoms with Crippen molar-refractivity contribution < 1.29 is 30.0 Å². The summed E-state index contributed by atoms with van der Waals surface area (Å²) in [5.41, 5.74) is 0. The van der Waals surface area contributed by atoms with Gasteiger partial charge in [-0.1, -0.05) is 0 Å². The fraction of sp³-hybridized carbons (Fsp3) is 0.800. The molecule has 0 aliphatic heterocycles. The quantitative estimate of drug-likeness (QED) is 0.686. The molecule has 0 aromatic heterocycles. The van der Waals surface area contributed by atoms with Gasteiger partial charge in [0, 0.05) is 33.5 Å². The van der Waals surface area contributed by atoms with Crippen molar-refractivity contribution in [2.24, 2.45) is 0 Å². The maximum Gasteiger partial charge on any atom is 0.0652 e. The second kappa shape index (κ2) is 13.6. The molecule has 17 heavy (non-hydrogen) atoms. The maximum absolute atomic E-state index is 10.4. The van der Waals surface area contributed by atoms with Gasteiger partial charge in [0.2, 0.25) is 0 Å². The van der Waals surface area contributed by atoms with E-state index < -0.39 is 0 Å². The molecule has 0 saturated heterocycles. The third-order valence-corrected chi connectivity index (χ3v) is 1.40. The first-order chi connectivity index (χ1) is 7.33. The summed E-state index contributed by atoms with van der Waals surface area (Å²) in [6, 6.07) is 0. The Morgan fingerprint density at radius 3 is 1.12 bits per heavy atom. The Balaban J connectivity index is -0.000000218. The summed E-state index contributed by atoms with van der Waals surface area (Å²) < 4.78 is 0. The smallest absolute Gasteiger partial charge is 0.0652 e. The molecular weight excluding hydrogens is 315 g/mol. The van der Waals surface area contributed by atoms with Crippen LogP contribution < -0.4 is 0 Å². The summed E-state index contributed by atoms with van der Waals surface area (Å²) in [5, 5.41) is 6.90. The van der Waals surface area contributed by atoms with Crippen molar-refractivity contribution in [1.82, 2.24) is 9.80 Å². The molecule has 0 aliphatic carbocycles. The topological polar surface area (TPSA) is 68.8 Å². The van der Waals surface area contributed by atoms with Gasteiger partial charge in [-0.3, -0.25) is 0 Å². The number of likely N-dealkylation sites (N-methyl/N-ethyl adjacent to an activating group) is 4. The number of carbonyl (C=O) groups is 2. The first-order valence-electron chi connectivity index (χ1n) is 4.88. The van der Waals surface area contributed by atoms with E-state index in [1.807, 2.05) is 28.2 Å². The van der Waals surface area contributed by atoms with Crippen LogP contribution in [-0.4, -0.2) is 77.0 Å². The van der Waals surface area contributed by atoms with Crippen LogP contribution in [0.25, 0.3) is 10.6 Å². The molecule has 0 rings (SSSR count). The standard InChI is InChI=1S/2C5H12N2O.Pd/c2*1-6-5(8)4-7(2)3;/h2*4H2,1-3H3,(H,6,8);/p-2. The molecule has 7 heteroatoms. The molecule has 0 bridgehead atoms. The summed E-state index contributed by atoms with van der Waals surface area (Å²) in [5.74, 6) is -0.148. The van der Waals surface area contributed by atoms with Gasteiger partial charge >= 0.3 is 0 Å². The van der Waals surface area contributed by atoms with Gasteiger partial charge in [0.05, 0.1) is 11.8 Å². The van der Waals surface area contributed by atoms with Crippen molar-refractivity contribution in [2.45, 2.75) is 0 Å². The van der Waals surface area contributed by atoms with E-state index in [0.717, 1.165) is 0 Å². The van der Waals surface area contributed by atoms with Gasteiger partial charge in [0.15, 0.2) is 0 Å². The molecule has 0 aliphatic rings. The molecule has 0 atom stereocenters. The molecule has 0 aromatic carbocycles. The fourth-order valence-corrected chi connectivity index (χ4v) is 0.682. The van der Waals surface area contributed by atoms with E-state index in [-0.39, 0.29) is 32.2 Å². The Bertz CT molecular complexity index is 188. The van der Waals surface area contributed by atoms with Crippen molar-refractivity contribution in [3.8, 4) is 0 Å². The number of amides is 2. The van der Waals surface area contributed by atoms with Crippen LogP contribution in [0.2, 0.25) is 0 Å². The predicted octanol–water partition coefficient (Wildman–Crippen LogP) is 0.154. The van der Waals surface area contributed by atoms with E-state index in [4.69, 9.17) is 0 Å². The second-order valence-corrected chi connectivity index (χ2v) is 3.71. The van der Waals surface area contributed by atoms with Crippen LogP contribution in [0.5, 0.6) is 0 Å². The van der Waals surface area contributed by atoms with Crippen molar-refractivity contribution in [2.75, 3.05) is 55.4 Å². The van der Waals surface area contributed by atoms with E-state index in [1.54, 1.807) is 9.80 Å². The molecule has 0 spiro atoms. The Hall–Kier alpha value is -0.478. The number of nitrogens with zero attached hydrogens (tertiary/aromatic N) is 4. The minimum Gasteiger partial charge on any atom is -0.655 e. The zero-order valence-electron chi connectivity index (χ0n) is 11.3. The Morgan fingerprint density at radius 1 is 0.824 bits per heavy atom. The van der Waals surface area contributed by atoms with Crippen LogP contribution in [0.1, 0.15) is 0 Å². The molecule has 6 nitrogen and oxygen atoms in total. The van der Waals surface area contributed by atoms with Crippen molar-refractivity contribution in [3.05, 3.63) is 10.6 Å². The van der Waals surface area contributed by atoms with Crippen LogP contribution in [0.15, 0.2) is 0 Å². The Morgan fingerprint density at radius 2 is 1.06 bits per heavy atom. The molecule has 0 unspecified atom stereocenters. The van der Waals surface area contributed by atoms with Gasteiger partial charge in [-0.05, 0) is 28.2 Å². The van der Waals surface area contributed by atoms with E-state index in [2.05, 4.69) is 10.6 Å². The summed E-state index contributed by atoms with van der Waals surface area (Å²) in [4.78, 5) is 24.4. The van der Waals surface area contributed by atoms with Crippen LogP contribution in [-0.2, 0) is 30.0 Å². The third kappa shape index (κ3) is 21.4. The van der Waals surface area contributed by atoms with Crippen molar-refractivity contribution in [1.29, 1.82) is 0 Å². The summed E-state index contributed by atoms with van der Waals surface area (Å²) in [6.07, 6.45) is 0. The third-order valence-electron chi connectivity index (χ3n) is 1.40. The van der Waals surface area contributed by atoms with Crippen molar-refractivity contribution >= 4 is 11.8 Å². The zero-order chi connectivity index (χ0) is 13.1. The van der Waals surface area contributed by atoms with Crippen LogP contribution >= 0.6 is 0 Å². The van der Waals surface area contributed by atoms with Crippen LogP contribution in [0.3, 0.4) is 0 Å². The molecule has 0 saturated carbocycles. The van der Waals surface area contributed by atoms with E-state index in [1.165, 1.54) is 14.1 Å². The fourth-order valence-electron chi connectivity index (χ4n) is 0.682. The first kappa shape index (κ1) is 21.8. The minimum absolute atomic E-state index is 0. The molecular formula is C10H22N4O2Pd-2. The van der Waals surface area contributed by atoms with Gasteiger partial charge in [-0.2, -0.15) is 0 Å². The summed E-state index contributed by atoms with van der Waals surface area (Å²) in [7, 11) is 10.4. The molecule has 0 aromatic rings. The molecule has 2 amide bonds. The molecule has 106 valence electrons. The first-order valence-corrected chi connectivity index (χ1v) is 4.88. The van der Waals surface area contributed by atoms with Gasteiger partial charge in [-0.15, -0.1) is 14.1 Å². The maximum atomic E-state index is 10.4.